The molecule has 0 saturated heterocycles. The summed E-state index contributed by atoms with van der Waals surface area (Å²) in [7, 11) is -23.3. The van der Waals surface area contributed by atoms with Gasteiger partial charge in [0.15, 0.2) is 9.84 Å². The Hall–Kier alpha value is -0.550. The predicted octanol–water partition coefficient (Wildman–Crippen LogP) is 1.45. The van der Waals surface area contributed by atoms with Gasteiger partial charge in [0.05, 0.1) is 3.91 Å². The lowest BCUT2D eigenvalue weighted by Crippen LogP contribution is -2.58. The molecule has 0 aromatic carbocycles. The second-order valence-electron chi connectivity index (χ2n) is 3.73. The zero-order chi connectivity index (χ0) is 18.6. The van der Waals surface area contributed by atoms with Crippen molar-refractivity contribution in [3.8, 4) is 0 Å². The van der Waals surface area contributed by atoms with Crippen LogP contribution in [-0.2, 0) is 29.0 Å². The summed E-state index contributed by atoms with van der Waals surface area (Å²) in [6.45, 7) is 0. The third-order valence-electron chi connectivity index (χ3n) is 1.93. The highest BCUT2D eigenvalue weighted by Crippen LogP contribution is 2.54. The molecule has 17 heteroatoms. The molecule has 0 spiro atoms. The minimum atomic E-state index is -8.38. The summed E-state index contributed by atoms with van der Waals surface area (Å²) in [5.74, 6) is -5.13. The number of halogens is 8. The molecule has 136 valence electrons. The molecule has 0 unspecified atom stereocenters. The van der Waals surface area contributed by atoms with Crippen LogP contribution in [0.2, 0.25) is 0 Å². The zero-order valence-electron chi connectivity index (χ0n) is 9.81. The number of rotatable bonds is 4. The van der Waals surface area contributed by atoms with Crippen molar-refractivity contribution in [1.29, 1.82) is 0 Å². The zero-order valence-corrected chi connectivity index (χ0v) is 12.3. The van der Waals surface area contributed by atoms with Crippen molar-refractivity contribution >= 4 is 29.0 Å². The fraction of sp³-hybridized carbons (Fsp3) is 0.800. The lowest BCUT2D eigenvalue weighted by atomic mass is 11.5. The van der Waals surface area contributed by atoms with Gasteiger partial charge in [-0.1, -0.05) is 0 Å². The summed E-state index contributed by atoms with van der Waals surface area (Å²) in [4.78, 5) is 0. The highest BCUT2D eigenvalue weighted by atomic mass is 32.4. The van der Waals surface area contributed by atoms with E-state index in [0.717, 1.165) is 0 Å². The molecule has 0 bridgehead atoms. The monoisotopic (exact) mass is 409 g/mol. The SMILES string of the molecule is CS(=O)(O)([C-](S(=O)(=O)C(F)F)S(=O)(=O)C(F)(F)F)C(F)(F)F. The Morgan fingerprint density at radius 3 is 1.50 bits per heavy atom. The first-order chi connectivity index (χ1) is 9.09. The quantitative estimate of drug-likeness (QED) is 0.557. The van der Waals surface area contributed by atoms with Crippen molar-refractivity contribution in [2.45, 2.75) is 16.8 Å². The van der Waals surface area contributed by atoms with Crippen LogP contribution in [0, 0.1) is 3.91 Å². The molecule has 0 heterocycles. The first-order valence-corrected chi connectivity index (χ1v) is 9.61. The van der Waals surface area contributed by atoms with Gasteiger partial charge < -0.3 is 4.55 Å². The second kappa shape index (κ2) is 4.97. The van der Waals surface area contributed by atoms with Crippen LogP contribution >= 0.6 is 0 Å². The molecule has 0 saturated carbocycles. The molecule has 0 aliphatic heterocycles. The van der Waals surface area contributed by atoms with Gasteiger partial charge >= 0.3 is 16.8 Å². The van der Waals surface area contributed by atoms with Gasteiger partial charge in [-0.25, -0.2) is 4.21 Å². The smallest absolute Gasteiger partial charge is 0.321 e. The predicted molar refractivity (Wildman–Crippen MR) is 55.9 cm³/mol. The summed E-state index contributed by atoms with van der Waals surface area (Å²) in [5.41, 5.74) is -13.6. The Morgan fingerprint density at radius 1 is 1.00 bits per heavy atom. The number of hydrogen-bond donors (Lipinski definition) is 1. The minimum Gasteiger partial charge on any atom is -0.321 e. The van der Waals surface area contributed by atoms with Crippen molar-refractivity contribution in [2.75, 3.05) is 6.26 Å². The van der Waals surface area contributed by atoms with Crippen LogP contribution < -0.4 is 0 Å². The van der Waals surface area contributed by atoms with Gasteiger partial charge in [0, 0.05) is 6.26 Å². The summed E-state index contributed by atoms with van der Waals surface area (Å²) in [5, 5.41) is 0. The van der Waals surface area contributed by atoms with Gasteiger partial charge in [0.25, 0.3) is 0 Å². The third kappa shape index (κ3) is 3.07. The maximum absolute atomic E-state index is 12.5. The van der Waals surface area contributed by atoms with Crippen LogP contribution in [0.15, 0.2) is 0 Å². The molecule has 0 aromatic heterocycles. The lowest BCUT2D eigenvalue weighted by molar-refractivity contribution is -0.0528. The molecule has 0 aromatic rings. The third-order valence-corrected chi connectivity index (χ3v) is 10.9. The summed E-state index contributed by atoms with van der Waals surface area (Å²) in [6, 6.07) is 0. The molecule has 22 heavy (non-hydrogen) atoms. The van der Waals surface area contributed by atoms with Gasteiger partial charge in [-0.2, -0.15) is 44.5 Å². The van der Waals surface area contributed by atoms with E-state index in [-0.39, 0.29) is 0 Å². The average molecular weight is 409 g/mol. The largest absolute Gasteiger partial charge is 0.471 e. The average Bonchev–Trinajstić information content (AvgIpc) is 2.09. The Bertz CT molecular complexity index is 706. The Morgan fingerprint density at radius 2 is 1.32 bits per heavy atom. The number of sulfone groups is 2. The molecule has 0 aliphatic carbocycles. The molecule has 0 fully saturated rings. The number of alkyl halides is 8. The van der Waals surface area contributed by atoms with E-state index in [4.69, 9.17) is 4.55 Å². The van der Waals surface area contributed by atoms with Gasteiger partial charge in [0.2, 0.25) is 0 Å². The van der Waals surface area contributed by atoms with E-state index < -0.39 is 56.0 Å². The molecule has 0 amide bonds. The summed E-state index contributed by atoms with van der Waals surface area (Å²) in [6.07, 6.45) is -1.13. The normalized spacial score (nSPS) is 17.5. The molecular weight excluding hydrogens is 404 g/mol. The summed E-state index contributed by atoms with van der Waals surface area (Å²) >= 11 is 0. The molecule has 1 N–H and O–H groups in total. The van der Waals surface area contributed by atoms with Crippen LogP contribution in [-0.4, -0.2) is 48.6 Å². The maximum Gasteiger partial charge on any atom is 0.471 e. The minimum absolute atomic E-state index is 1.13. The summed E-state index contributed by atoms with van der Waals surface area (Å²) < 4.78 is 158. The van der Waals surface area contributed by atoms with E-state index in [9.17, 15) is 56.2 Å². The first-order valence-electron chi connectivity index (χ1n) is 4.25. The number of hydrogen-bond acceptors (Lipinski definition) is 5. The molecular formula is C5H5F8O6S3-. The van der Waals surface area contributed by atoms with Crippen molar-refractivity contribution in [3.63, 3.8) is 0 Å². The van der Waals surface area contributed by atoms with Crippen molar-refractivity contribution in [1.82, 2.24) is 0 Å². The van der Waals surface area contributed by atoms with Crippen LogP contribution in [0.1, 0.15) is 0 Å². The van der Waals surface area contributed by atoms with E-state index in [1.807, 2.05) is 0 Å². The maximum atomic E-state index is 12.5. The van der Waals surface area contributed by atoms with E-state index in [2.05, 4.69) is 0 Å². The van der Waals surface area contributed by atoms with Crippen LogP contribution in [0.4, 0.5) is 35.1 Å². The van der Waals surface area contributed by atoms with Crippen molar-refractivity contribution < 1.29 is 60.7 Å². The van der Waals surface area contributed by atoms with Gasteiger partial charge in [0.1, 0.15) is 9.84 Å². The lowest BCUT2D eigenvalue weighted by Gasteiger charge is -2.53. The van der Waals surface area contributed by atoms with Crippen LogP contribution in [0.3, 0.4) is 0 Å². The molecule has 0 aliphatic rings. The molecule has 0 atom stereocenters. The second-order valence-corrected chi connectivity index (χ2v) is 11.7. The standard InChI is InChI=1S/C5H5F8O6S3/c1-22(18,19,5(11,12)13)3(20(14,15)2(6)7)21(16,17)4(8,9)10/h2H,1H3,(H,18,19)/q-1. The topological polar surface area (TPSA) is 106 Å². The van der Waals surface area contributed by atoms with E-state index >= 15 is 0 Å². The van der Waals surface area contributed by atoms with E-state index in [1.165, 1.54) is 0 Å². The van der Waals surface area contributed by atoms with Crippen molar-refractivity contribution in [3.05, 3.63) is 3.91 Å². The fourth-order valence-corrected chi connectivity index (χ4v) is 8.52. The fourth-order valence-electron chi connectivity index (χ4n) is 0.947. The highest BCUT2D eigenvalue weighted by Gasteiger charge is 2.63. The highest BCUT2D eigenvalue weighted by molar-refractivity contribution is 8.38. The van der Waals surface area contributed by atoms with Crippen molar-refractivity contribution in [2.24, 2.45) is 0 Å². The molecule has 0 rings (SSSR count). The van der Waals surface area contributed by atoms with Crippen LogP contribution in [0.25, 0.3) is 0 Å². The molecule has 6 nitrogen and oxygen atoms in total. The van der Waals surface area contributed by atoms with Gasteiger partial charge in [-0.3, -0.25) is 16.8 Å². The van der Waals surface area contributed by atoms with Gasteiger partial charge in [-0.15, -0.1) is 0 Å². The first kappa shape index (κ1) is 21.4. The van der Waals surface area contributed by atoms with E-state index in [0.29, 0.717) is 0 Å². The Balaban J connectivity index is 7.10. The van der Waals surface area contributed by atoms with Crippen LogP contribution in [0.5, 0.6) is 0 Å². The van der Waals surface area contributed by atoms with Gasteiger partial charge in [-0.05, 0) is 0 Å². The Labute approximate surface area is 117 Å². The molecule has 0 radical (unpaired) electrons. The van der Waals surface area contributed by atoms with E-state index in [1.54, 1.807) is 0 Å². The Kier molecular flexibility index (Phi) is 4.85.